The Morgan fingerprint density at radius 3 is 2.74 bits per heavy atom. The van der Waals surface area contributed by atoms with Gasteiger partial charge in [0, 0.05) is 38.6 Å². The van der Waals surface area contributed by atoms with Gasteiger partial charge in [0.25, 0.3) is 0 Å². The molecule has 5 nitrogen and oxygen atoms in total. The van der Waals surface area contributed by atoms with Crippen LogP contribution in [0, 0.1) is 5.92 Å². The molecule has 0 amide bonds. The van der Waals surface area contributed by atoms with Crippen LogP contribution in [0.25, 0.3) is 0 Å². The molecule has 1 aromatic rings. The number of nitrogens with zero attached hydrogens (tertiary/aromatic N) is 2. The molecule has 2 atom stereocenters. The van der Waals surface area contributed by atoms with Crippen molar-refractivity contribution in [2.24, 2.45) is 18.7 Å². The molecule has 0 aromatic carbocycles. The van der Waals surface area contributed by atoms with E-state index in [-0.39, 0.29) is 6.04 Å². The second-order valence-electron chi connectivity index (χ2n) is 5.32. The fourth-order valence-electron chi connectivity index (χ4n) is 2.78. The van der Waals surface area contributed by atoms with Crippen molar-refractivity contribution in [1.82, 2.24) is 8.87 Å². The minimum atomic E-state index is -3.40. The highest BCUT2D eigenvalue weighted by Crippen LogP contribution is 2.29. The van der Waals surface area contributed by atoms with Crippen LogP contribution in [-0.2, 0) is 17.1 Å². The molecular weight excluding hydrogens is 262 g/mol. The topological polar surface area (TPSA) is 68.3 Å². The van der Waals surface area contributed by atoms with Gasteiger partial charge in [-0.1, -0.05) is 13.3 Å². The first-order valence-electron chi connectivity index (χ1n) is 6.83. The van der Waals surface area contributed by atoms with Crippen LogP contribution in [-0.4, -0.2) is 36.4 Å². The SMILES string of the molecule is CCC1CCN(S(=O)(=O)c2ccn(C)c2)C(CN)C1. The second-order valence-corrected chi connectivity index (χ2v) is 7.21. The zero-order chi connectivity index (χ0) is 14.0. The Balaban J connectivity index is 2.25. The molecule has 1 aliphatic heterocycles. The summed E-state index contributed by atoms with van der Waals surface area (Å²) < 4.78 is 28.6. The lowest BCUT2D eigenvalue weighted by Gasteiger charge is -2.37. The van der Waals surface area contributed by atoms with Crippen molar-refractivity contribution >= 4 is 10.0 Å². The van der Waals surface area contributed by atoms with E-state index in [1.165, 1.54) is 0 Å². The lowest BCUT2D eigenvalue weighted by Crippen LogP contribution is -2.49. The maximum atomic E-state index is 12.6. The van der Waals surface area contributed by atoms with Crippen LogP contribution in [0.5, 0.6) is 0 Å². The molecule has 0 aliphatic carbocycles. The first-order chi connectivity index (χ1) is 8.98. The Labute approximate surface area is 115 Å². The summed E-state index contributed by atoms with van der Waals surface area (Å²) in [6.45, 7) is 3.12. The predicted octanol–water partition coefficient (Wildman–Crippen LogP) is 1.16. The average Bonchev–Trinajstić information content (AvgIpc) is 2.85. The van der Waals surface area contributed by atoms with Crippen LogP contribution in [0.2, 0.25) is 0 Å². The van der Waals surface area contributed by atoms with E-state index in [9.17, 15) is 8.42 Å². The molecule has 108 valence electrons. The van der Waals surface area contributed by atoms with Crippen LogP contribution in [0.3, 0.4) is 0 Å². The van der Waals surface area contributed by atoms with E-state index in [4.69, 9.17) is 5.73 Å². The van der Waals surface area contributed by atoms with E-state index in [1.54, 1.807) is 27.3 Å². The van der Waals surface area contributed by atoms with Crippen LogP contribution >= 0.6 is 0 Å². The van der Waals surface area contributed by atoms with Gasteiger partial charge >= 0.3 is 0 Å². The molecular formula is C13H23N3O2S. The van der Waals surface area contributed by atoms with Crippen molar-refractivity contribution < 1.29 is 8.42 Å². The van der Waals surface area contributed by atoms with Gasteiger partial charge in [0.2, 0.25) is 10.0 Å². The Bertz CT molecular complexity index is 524. The summed E-state index contributed by atoms with van der Waals surface area (Å²) >= 11 is 0. The van der Waals surface area contributed by atoms with Crippen molar-refractivity contribution in [3.63, 3.8) is 0 Å². The standard InChI is InChI=1S/C13H23N3O2S/c1-3-11-4-7-16(12(8-11)9-14)19(17,18)13-5-6-15(2)10-13/h5-6,10-12H,3-4,7-9,14H2,1-2H3. The van der Waals surface area contributed by atoms with Crippen LogP contribution in [0.1, 0.15) is 26.2 Å². The maximum Gasteiger partial charge on any atom is 0.244 e. The summed E-state index contributed by atoms with van der Waals surface area (Å²) in [5.74, 6) is 0.593. The summed E-state index contributed by atoms with van der Waals surface area (Å²) in [4.78, 5) is 0.364. The molecule has 2 rings (SSSR count). The molecule has 0 saturated carbocycles. The Morgan fingerprint density at radius 1 is 1.47 bits per heavy atom. The second kappa shape index (κ2) is 5.64. The highest BCUT2D eigenvalue weighted by Gasteiger charge is 2.35. The normalized spacial score (nSPS) is 25.6. The molecule has 1 saturated heterocycles. The highest BCUT2D eigenvalue weighted by atomic mass is 32.2. The summed E-state index contributed by atoms with van der Waals surface area (Å²) in [7, 11) is -1.58. The molecule has 2 heterocycles. The molecule has 6 heteroatoms. The van der Waals surface area contributed by atoms with E-state index in [0.717, 1.165) is 19.3 Å². The number of aromatic nitrogens is 1. The monoisotopic (exact) mass is 285 g/mol. The van der Waals surface area contributed by atoms with Crippen molar-refractivity contribution in [2.75, 3.05) is 13.1 Å². The molecule has 1 aliphatic rings. The number of rotatable bonds is 4. The van der Waals surface area contributed by atoms with Gasteiger partial charge in [-0.3, -0.25) is 0 Å². The number of sulfonamides is 1. The van der Waals surface area contributed by atoms with Gasteiger partial charge in [0.15, 0.2) is 0 Å². The largest absolute Gasteiger partial charge is 0.356 e. The fourth-order valence-corrected chi connectivity index (χ4v) is 4.49. The Hall–Kier alpha value is -0.850. The van der Waals surface area contributed by atoms with Gasteiger partial charge in [0.1, 0.15) is 0 Å². The first-order valence-corrected chi connectivity index (χ1v) is 8.27. The van der Waals surface area contributed by atoms with E-state index >= 15 is 0 Å². The Morgan fingerprint density at radius 2 is 2.21 bits per heavy atom. The lowest BCUT2D eigenvalue weighted by atomic mass is 9.90. The first kappa shape index (κ1) is 14.6. The van der Waals surface area contributed by atoms with E-state index in [1.807, 2.05) is 7.05 Å². The van der Waals surface area contributed by atoms with Crippen molar-refractivity contribution in [2.45, 2.75) is 37.1 Å². The smallest absolute Gasteiger partial charge is 0.244 e. The molecule has 0 radical (unpaired) electrons. The van der Waals surface area contributed by atoms with E-state index in [0.29, 0.717) is 23.9 Å². The Kier molecular flexibility index (Phi) is 4.32. The minimum absolute atomic E-state index is 0.0658. The van der Waals surface area contributed by atoms with Crippen molar-refractivity contribution in [3.8, 4) is 0 Å². The molecule has 19 heavy (non-hydrogen) atoms. The molecule has 2 N–H and O–H groups in total. The third-order valence-electron chi connectivity index (χ3n) is 4.03. The minimum Gasteiger partial charge on any atom is -0.356 e. The van der Waals surface area contributed by atoms with Crippen LogP contribution in [0.15, 0.2) is 23.4 Å². The predicted molar refractivity (Wildman–Crippen MR) is 75.2 cm³/mol. The highest BCUT2D eigenvalue weighted by molar-refractivity contribution is 7.89. The van der Waals surface area contributed by atoms with Gasteiger partial charge in [-0.15, -0.1) is 0 Å². The molecule has 1 aromatic heterocycles. The van der Waals surface area contributed by atoms with Crippen molar-refractivity contribution in [3.05, 3.63) is 18.5 Å². The number of piperidine rings is 1. The molecule has 2 unspecified atom stereocenters. The number of nitrogens with two attached hydrogens (primary N) is 1. The number of hydrogen-bond acceptors (Lipinski definition) is 3. The van der Waals surface area contributed by atoms with E-state index in [2.05, 4.69) is 6.92 Å². The van der Waals surface area contributed by atoms with E-state index < -0.39 is 10.0 Å². The summed E-state index contributed by atoms with van der Waals surface area (Å²) in [5, 5.41) is 0. The molecule has 0 bridgehead atoms. The fraction of sp³-hybridized carbons (Fsp3) is 0.692. The average molecular weight is 285 g/mol. The third-order valence-corrected chi connectivity index (χ3v) is 5.97. The van der Waals surface area contributed by atoms with Crippen molar-refractivity contribution in [1.29, 1.82) is 0 Å². The molecule has 1 fully saturated rings. The van der Waals surface area contributed by atoms with Gasteiger partial charge < -0.3 is 10.3 Å². The summed E-state index contributed by atoms with van der Waals surface area (Å²) in [5.41, 5.74) is 5.78. The third kappa shape index (κ3) is 2.85. The summed E-state index contributed by atoms with van der Waals surface area (Å²) in [6, 6.07) is 1.58. The number of aryl methyl sites for hydroxylation is 1. The maximum absolute atomic E-state index is 12.6. The molecule has 0 spiro atoms. The quantitative estimate of drug-likeness (QED) is 0.902. The zero-order valence-corrected chi connectivity index (χ0v) is 12.4. The van der Waals surface area contributed by atoms with Gasteiger partial charge in [-0.05, 0) is 24.8 Å². The van der Waals surface area contributed by atoms with Gasteiger partial charge in [-0.2, -0.15) is 4.31 Å². The lowest BCUT2D eigenvalue weighted by molar-refractivity contribution is 0.197. The number of hydrogen-bond donors (Lipinski definition) is 1. The zero-order valence-electron chi connectivity index (χ0n) is 11.6. The van der Waals surface area contributed by atoms with Crippen LogP contribution in [0.4, 0.5) is 0 Å². The van der Waals surface area contributed by atoms with Crippen LogP contribution < -0.4 is 5.73 Å². The van der Waals surface area contributed by atoms with Gasteiger partial charge in [0.05, 0.1) is 4.90 Å². The van der Waals surface area contributed by atoms with Gasteiger partial charge in [-0.25, -0.2) is 8.42 Å². The summed E-state index contributed by atoms with van der Waals surface area (Å²) in [6.07, 6.45) is 6.30.